The van der Waals surface area contributed by atoms with Crippen LogP contribution in [0.3, 0.4) is 0 Å². The first-order valence-corrected chi connectivity index (χ1v) is 10.6. The molecular weight excluding hydrogens is 354 g/mol. The van der Waals surface area contributed by atoms with Crippen LogP contribution in [0, 0.1) is 13.8 Å². The number of anilines is 1. The monoisotopic (exact) mass is 381 g/mol. The number of aryl methyl sites for hydroxylation is 2. The van der Waals surface area contributed by atoms with Crippen molar-refractivity contribution in [1.82, 2.24) is 10.3 Å². The number of rotatable bonds is 4. The molecule has 1 aromatic carbocycles. The van der Waals surface area contributed by atoms with Crippen molar-refractivity contribution < 1.29 is 0 Å². The summed E-state index contributed by atoms with van der Waals surface area (Å²) in [6, 6.07) is 4.52. The number of aliphatic imine (C=N–C) groups is 2. The van der Waals surface area contributed by atoms with E-state index in [9.17, 15) is 0 Å². The lowest BCUT2D eigenvalue weighted by molar-refractivity contribution is 0.623. The SMILES string of the molecule is Cc1cc(NC2=NCCCN2)c(C)cc1Cc1nc(C2CC=NCC2)cs1. The second-order valence-corrected chi connectivity index (χ2v) is 8.32. The largest absolute Gasteiger partial charge is 0.356 e. The Morgan fingerprint density at radius 3 is 2.93 bits per heavy atom. The molecule has 5 nitrogen and oxygen atoms in total. The Hall–Kier alpha value is -2.21. The van der Waals surface area contributed by atoms with Crippen molar-refractivity contribution in [3.8, 4) is 0 Å². The fraction of sp³-hybridized carbons (Fsp3) is 0.476. The summed E-state index contributed by atoms with van der Waals surface area (Å²) in [5, 5.41) is 10.2. The highest BCUT2D eigenvalue weighted by Crippen LogP contribution is 2.29. The van der Waals surface area contributed by atoms with Gasteiger partial charge in [-0.25, -0.2) is 4.98 Å². The Kier molecular flexibility index (Phi) is 5.53. The zero-order chi connectivity index (χ0) is 18.6. The third kappa shape index (κ3) is 4.38. The summed E-state index contributed by atoms with van der Waals surface area (Å²) in [4.78, 5) is 13.8. The molecule has 0 aliphatic carbocycles. The van der Waals surface area contributed by atoms with Gasteiger partial charge in [-0.05, 0) is 62.1 Å². The molecule has 1 unspecified atom stereocenters. The van der Waals surface area contributed by atoms with E-state index in [4.69, 9.17) is 4.98 Å². The number of nitrogens with zero attached hydrogens (tertiary/aromatic N) is 3. The smallest absolute Gasteiger partial charge is 0.195 e. The fourth-order valence-electron chi connectivity index (χ4n) is 3.61. The summed E-state index contributed by atoms with van der Waals surface area (Å²) in [5.41, 5.74) is 6.26. The van der Waals surface area contributed by atoms with E-state index >= 15 is 0 Å². The zero-order valence-electron chi connectivity index (χ0n) is 16.1. The fourth-order valence-corrected chi connectivity index (χ4v) is 4.51. The maximum absolute atomic E-state index is 4.93. The van der Waals surface area contributed by atoms with Crippen LogP contribution in [0.4, 0.5) is 5.69 Å². The van der Waals surface area contributed by atoms with Crippen LogP contribution < -0.4 is 10.6 Å². The molecule has 1 aromatic heterocycles. The molecular formula is C21H27N5S. The molecule has 0 saturated carbocycles. The minimum absolute atomic E-state index is 0.547. The van der Waals surface area contributed by atoms with Gasteiger partial charge in [0, 0.05) is 43.0 Å². The molecule has 4 rings (SSSR count). The van der Waals surface area contributed by atoms with Gasteiger partial charge in [-0.15, -0.1) is 11.3 Å². The number of hydrogen-bond donors (Lipinski definition) is 2. The number of nitrogens with one attached hydrogen (secondary N) is 2. The van der Waals surface area contributed by atoms with Crippen LogP contribution >= 0.6 is 11.3 Å². The molecule has 142 valence electrons. The van der Waals surface area contributed by atoms with Crippen molar-refractivity contribution in [2.24, 2.45) is 9.98 Å². The van der Waals surface area contributed by atoms with Crippen LogP contribution in [0.2, 0.25) is 0 Å². The third-order valence-corrected chi connectivity index (χ3v) is 6.16. The van der Waals surface area contributed by atoms with Crippen molar-refractivity contribution in [1.29, 1.82) is 0 Å². The van der Waals surface area contributed by atoms with Gasteiger partial charge in [0.2, 0.25) is 0 Å². The van der Waals surface area contributed by atoms with Crippen LogP contribution in [0.5, 0.6) is 0 Å². The number of hydrogen-bond acceptors (Lipinski definition) is 6. The van der Waals surface area contributed by atoms with Crippen LogP contribution in [0.25, 0.3) is 0 Å². The molecule has 6 heteroatoms. The lowest BCUT2D eigenvalue weighted by Gasteiger charge is -2.18. The normalized spacial score (nSPS) is 19.5. The average Bonchev–Trinajstić information content (AvgIpc) is 3.16. The summed E-state index contributed by atoms with van der Waals surface area (Å²) in [5.74, 6) is 1.43. The maximum Gasteiger partial charge on any atom is 0.195 e. The quantitative estimate of drug-likeness (QED) is 0.839. The van der Waals surface area contributed by atoms with E-state index in [2.05, 4.69) is 58.2 Å². The summed E-state index contributed by atoms with van der Waals surface area (Å²) in [7, 11) is 0. The number of aromatic nitrogens is 1. The van der Waals surface area contributed by atoms with E-state index in [1.165, 1.54) is 27.4 Å². The van der Waals surface area contributed by atoms with Gasteiger partial charge >= 0.3 is 0 Å². The Morgan fingerprint density at radius 1 is 1.22 bits per heavy atom. The summed E-state index contributed by atoms with van der Waals surface area (Å²) < 4.78 is 0. The first-order valence-electron chi connectivity index (χ1n) is 9.77. The first-order chi connectivity index (χ1) is 13.2. The van der Waals surface area contributed by atoms with E-state index in [-0.39, 0.29) is 0 Å². The second-order valence-electron chi connectivity index (χ2n) is 7.38. The lowest BCUT2D eigenvalue weighted by atomic mass is 9.97. The topological polar surface area (TPSA) is 61.7 Å². The van der Waals surface area contributed by atoms with E-state index in [0.29, 0.717) is 5.92 Å². The highest BCUT2D eigenvalue weighted by Gasteiger charge is 2.17. The Morgan fingerprint density at radius 2 is 2.15 bits per heavy atom. The molecule has 0 fully saturated rings. The molecule has 27 heavy (non-hydrogen) atoms. The van der Waals surface area contributed by atoms with Crippen LogP contribution in [-0.4, -0.2) is 36.8 Å². The molecule has 2 N–H and O–H groups in total. The van der Waals surface area contributed by atoms with Gasteiger partial charge in [-0.3, -0.25) is 9.98 Å². The van der Waals surface area contributed by atoms with Crippen LogP contribution in [-0.2, 0) is 6.42 Å². The predicted octanol–water partition coefficient (Wildman–Crippen LogP) is 4.06. The van der Waals surface area contributed by atoms with Crippen molar-refractivity contribution in [2.75, 3.05) is 25.0 Å². The first kappa shape index (κ1) is 18.2. The van der Waals surface area contributed by atoms with Gasteiger partial charge in [0.1, 0.15) is 0 Å². The van der Waals surface area contributed by atoms with Gasteiger partial charge in [-0.2, -0.15) is 0 Å². The summed E-state index contributed by atoms with van der Waals surface area (Å²) >= 11 is 1.78. The van der Waals surface area contributed by atoms with E-state index in [1.807, 2.05) is 0 Å². The number of guanidine groups is 1. The zero-order valence-corrected chi connectivity index (χ0v) is 16.9. The van der Waals surface area contributed by atoms with Crippen molar-refractivity contribution in [2.45, 2.75) is 45.4 Å². The summed E-state index contributed by atoms with van der Waals surface area (Å²) in [6.07, 6.45) is 6.21. The van der Waals surface area contributed by atoms with Crippen LogP contribution in [0.15, 0.2) is 27.5 Å². The van der Waals surface area contributed by atoms with Gasteiger partial charge in [0.15, 0.2) is 5.96 Å². The van der Waals surface area contributed by atoms with E-state index in [0.717, 1.165) is 57.0 Å². The molecule has 2 aromatic rings. The van der Waals surface area contributed by atoms with Gasteiger partial charge in [0.25, 0.3) is 0 Å². The summed E-state index contributed by atoms with van der Waals surface area (Å²) in [6.45, 7) is 7.15. The van der Waals surface area contributed by atoms with Crippen molar-refractivity contribution in [3.63, 3.8) is 0 Å². The number of thiazole rings is 1. The molecule has 0 amide bonds. The molecule has 2 aliphatic rings. The average molecular weight is 382 g/mol. The third-order valence-electron chi connectivity index (χ3n) is 5.29. The Labute approximate surface area is 165 Å². The molecule has 0 radical (unpaired) electrons. The molecule has 0 bridgehead atoms. The second kappa shape index (κ2) is 8.21. The van der Waals surface area contributed by atoms with Crippen molar-refractivity contribution >= 4 is 29.2 Å². The lowest BCUT2D eigenvalue weighted by Crippen LogP contribution is -2.35. The highest BCUT2D eigenvalue weighted by molar-refractivity contribution is 7.09. The van der Waals surface area contributed by atoms with Crippen molar-refractivity contribution in [3.05, 3.63) is 44.9 Å². The molecule has 0 spiro atoms. The molecule has 3 heterocycles. The molecule has 0 saturated heterocycles. The standard InChI is InChI=1S/C21H27N5S/c1-14-11-18(26-21-23-6-3-7-24-21)15(2)10-17(14)12-20-25-19(13-27-20)16-4-8-22-9-5-16/h8,10-11,13,16H,3-7,9,12H2,1-2H3,(H2,23,24,26). The van der Waals surface area contributed by atoms with E-state index < -0.39 is 0 Å². The Balaban J connectivity index is 1.47. The highest BCUT2D eigenvalue weighted by atomic mass is 32.1. The minimum Gasteiger partial charge on any atom is -0.356 e. The van der Waals surface area contributed by atoms with Gasteiger partial charge < -0.3 is 10.6 Å². The number of benzene rings is 1. The minimum atomic E-state index is 0.547. The van der Waals surface area contributed by atoms with Gasteiger partial charge in [0.05, 0.1) is 10.7 Å². The molecule has 2 aliphatic heterocycles. The predicted molar refractivity (Wildman–Crippen MR) is 115 cm³/mol. The van der Waals surface area contributed by atoms with E-state index in [1.54, 1.807) is 11.3 Å². The molecule has 1 atom stereocenters. The van der Waals surface area contributed by atoms with Crippen LogP contribution in [0.1, 0.15) is 52.6 Å². The van der Waals surface area contributed by atoms with Gasteiger partial charge in [-0.1, -0.05) is 6.07 Å². The maximum atomic E-state index is 4.93. The Bertz CT molecular complexity index is 867.